The van der Waals surface area contributed by atoms with Crippen LogP contribution in [0.2, 0.25) is 0 Å². The van der Waals surface area contributed by atoms with Gasteiger partial charge < -0.3 is 14.4 Å². The molecule has 1 N–H and O–H groups in total. The van der Waals surface area contributed by atoms with Gasteiger partial charge in [0.2, 0.25) is 0 Å². The highest BCUT2D eigenvalue weighted by atomic mass is 16.5. The lowest BCUT2D eigenvalue weighted by Gasteiger charge is -2.22. The first kappa shape index (κ1) is 16.6. The quantitative estimate of drug-likeness (QED) is 0.637. The Bertz CT molecular complexity index is 631. The number of methoxy groups -OCH3 is 2. The molecule has 0 saturated carbocycles. The first-order valence-electron chi connectivity index (χ1n) is 7.39. The molecule has 1 fully saturated rings. The number of benzene rings is 1. The zero-order chi connectivity index (χ0) is 16.7. The summed E-state index contributed by atoms with van der Waals surface area (Å²) in [5, 5.41) is 12.3. The summed E-state index contributed by atoms with van der Waals surface area (Å²) in [6.07, 6.45) is 3.58. The summed E-state index contributed by atoms with van der Waals surface area (Å²) in [7, 11) is 3.21. The molecule has 0 bridgehead atoms. The Balaban J connectivity index is 2.24. The summed E-state index contributed by atoms with van der Waals surface area (Å²) in [6.45, 7) is 1.99. The topological polar surface area (TPSA) is 87.0 Å². The Labute approximate surface area is 135 Å². The van der Waals surface area contributed by atoms with Crippen LogP contribution in [0.5, 0.6) is 11.5 Å². The van der Waals surface area contributed by atoms with Crippen LogP contribution in [0, 0.1) is 11.3 Å². The van der Waals surface area contributed by atoms with Crippen LogP contribution in [0.3, 0.4) is 0 Å². The van der Waals surface area contributed by atoms with Crippen LogP contribution >= 0.6 is 0 Å². The lowest BCUT2D eigenvalue weighted by Crippen LogP contribution is -2.19. The molecule has 1 saturated heterocycles. The second-order valence-electron chi connectivity index (χ2n) is 5.09. The average Bonchev–Trinajstić information content (AvgIpc) is 3.08. The third-order valence-corrected chi connectivity index (χ3v) is 3.61. The maximum absolute atomic E-state index is 11.2. The van der Waals surface area contributed by atoms with E-state index in [0.29, 0.717) is 11.3 Å². The minimum atomic E-state index is -0.455. The van der Waals surface area contributed by atoms with E-state index >= 15 is 0 Å². The molecule has 1 aromatic rings. The van der Waals surface area contributed by atoms with Crippen LogP contribution in [0.1, 0.15) is 24.8 Å². The summed E-state index contributed by atoms with van der Waals surface area (Å²) < 4.78 is 10.9. The zero-order valence-corrected chi connectivity index (χ0v) is 13.3. The second-order valence-corrected chi connectivity index (χ2v) is 5.09. The largest absolute Gasteiger partial charge is 0.496 e. The van der Waals surface area contributed by atoms with E-state index < -0.39 is 5.91 Å². The number of nitrogens with one attached hydrogen (secondary N) is 1. The lowest BCUT2D eigenvalue weighted by atomic mass is 10.1. The molecule has 0 aromatic heterocycles. The van der Waals surface area contributed by atoms with Gasteiger partial charge >= 0.3 is 0 Å². The number of nitriles is 1. The minimum Gasteiger partial charge on any atom is -0.496 e. The normalized spacial score (nSPS) is 13.9. The molecule has 7 nitrogen and oxygen atoms in total. The Morgan fingerprint density at radius 2 is 2.04 bits per heavy atom. The molecule has 122 valence electrons. The van der Waals surface area contributed by atoms with Crippen molar-refractivity contribution in [2.75, 3.05) is 32.2 Å². The van der Waals surface area contributed by atoms with Gasteiger partial charge in [0.05, 0.1) is 32.2 Å². The summed E-state index contributed by atoms with van der Waals surface area (Å²) in [4.78, 5) is 13.5. The third kappa shape index (κ3) is 4.13. The molecule has 1 heterocycles. The highest BCUT2D eigenvalue weighted by Gasteiger charge is 2.19. The van der Waals surface area contributed by atoms with Gasteiger partial charge in [-0.2, -0.15) is 10.4 Å². The van der Waals surface area contributed by atoms with Gasteiger partial charge in [-0.05, 0) is 18.9 Å². The van der Waals surface area contributed by atoms with E-state index in [1.807, 2.05) is 12.1 Å². The molecule has 1 amide bonds. The van der Waals surface area contributed by atoms with Crippen molar-refractivity contribution in [1.29, 1.82) is 5.26 Å². The molecule has 0 aliphatic carbocycles. The summed E-state index contributed by atoms with van der Waals surface area (Å²) >= 11 is 0. The first-order chi connectivity index (χ1) is 11.2. The van der Waals surface area contributed by atoms with Gasteiger partial charge in [-0.1, -0.05) is 0 Å². The van der Waals surface area contributed by atoms with Crippen LogP contribution in [-0.4, -0.2) is 39.4 Å². The summed E-state index contributed by atoms with van der Waals surface area (Å²) in [6, 6.07) is 5.50. The predicted octanol–water partition coefficient (Wildman–Crippen LogP) is 1.67. The molecule has 0 spiro atoms. The number of carbonyl (C=O) groups excluding carboxylic acids is 1. The van der Waals surface area contributed by atoms with Crippen LogP contribution in [-0.2, 0) is 4.79 Å². The van der Waals surface area contributed by atoms with Crippen LogP contribution in [0.25, 0.3) is 0 Å². The monoisotopic (exact) mass is 316 g/mol. The Morgan fingerprint density at radius 1 is 1.35 bits per heavy atom. The number of hydrogen-bond donors (Lipinski definition) is 1. The van der Waals surface area contributed by atoms with Crippen molar-refractivity contribution >= 4 is 17.8 Å². The zero-order valence-electron chi connectivity index (χ0n) is 13.3. The number of rotatable bonds is 6. The summed E-state index contributed by atoms with van der Waals surface area (Å²) in [5.74, 6) is 0.923. The number of ether oxygens (including phenoxy) is 2. The van der Waals surface area contributed by atoms with Crippen molar-refractivity contribution in [3.8, 4) is 17.6 Å². The van der Waals surface area contributed by atoms with Crippen molar-refractivity contribution in [2.24, 2.45) is 5.10 Å². The van der Waals surface area contributed by atoms with Crippen LogP contribution < -0.4 is 19.8 Å². The maximum Gasteiger partial charge on any atom is 0.254 e. The molecule has 1 aliphatic heterocycles. The fraction of sp³-hybridized carbons (Fsp3) is 0.438. The fourth-order valence-electron chi connectivity index (χ4n) is 2.50. The van der Waals surface area contributed by atoms with E-state index in [1.165, 1.54) is 19.1 Å². The highest BCUT2D eigenvalue weighted by molar-refractivity contribution is 5.88. The number of anilines is 1. The Kier molecular flexibility index (Phi) is 5.80. The molecular formula is C16H20N4O3. The van der Waals surface area contributed by atoms with E-state index in [9.17, 15) is 4.79 Å². The van der Waals surface area contributed by atoms with E-state index in [4.69, 9.17) is 14.7 Å². The van der Waals surface area contributed by atoms with Crippen molar-refractivity contribution in [3.63, 3.8) is 0 Å². The van der Waals surface area contributed by atoms with E-state index in [0.717, 1.165) is 24.5 Å². The molecule has 0 unspecified atom stereocenters. The average molecular weight is 316 g/mol. The number of hydrazone groups is 1. The second kappa shape index (κ2) is 8.03. The standard InChI is InChI=1S/C16H20N4O3/c1-22-14-10-13(20-7-3-4-8-20)15(23-2)9-12(14)11-18-19-16(21)5-6-17/h9-11H,3-5,7-8H2,1-2H3,(H,19,21)/b18-11-. The van der Waals surface area contributed by atoms with E-state index in [-0.39, 0.29) is 6.42 Å². The SMILES string of the molecule is COc1cc(N2CCCC2)c(OC)cc1/C=N\NC(=O)CC#N. The van der Waals surface area contributed by atoms with Gasteiger partial charge in [-0.15, -0.1) is 0 Å². The summed E-state index contributed by atoms with van der Waals surface area (Å²) in [5.41, 5.74) is 3.97. The van der Waals surface area contributed by atoms with Crippen molar-refractivity contribution in [1.82, 2.24) is 5.43 Å². The third-order valence-electron chi connectivity index (χ3n) is 3.61. The van der Waals surface area contributed by atoms with Gasteiger partial charge in [0.1, 0.15) is 17.9 Å². The van der Waals surface area contributed by atoms with Gasteiger partial charge in [0.25, 0.3) is 5.91 Å². The Morgan fingerprint density at radius 3 is 2.65 bits per heavy atom. The molecular weight excluding hydrogens is 296 g/mol. The number of hydrogen-bond acceptors (Lipinski definition) is 6. The number of nitrogens with zero attached hydrogens (tertiary/aromatic N) is 3. The molecule has 23 heavy (non-hydrogen) atoms. The van der Waals surface area contributed by atoms with Crippen molar-refractivity contribution in [2.45, 2.75) is 19.3 Å². The molecule has 2 rings (SSSR count). The van der Waals surface area contributed by atoms with Crippen molar-refractivity contribution < 1.29 is 14.3 Å². The van der Waals surface area contributed by atoms with E-state index in [2.05, 4.69) is 15.4 Å². The smallest absolute Gasteiger partial charge is 0.254 e. The van der Waals surface area contributed by atoms with Gasteiger partial charge in [0.15, 0.2) is 0 Å². The lowest BCUT2D eigenvalue weighted by molar-refractivity contribution is -0.120. The minimum absolute atomic E-state index is 0.230. The molecule has 1 aliphatic rings. The van der Waals surface area contributed by atoms with Crippen LogP contribution in [0.15, 0.2) is 17.2 Å². The fourth-order valence-corrected chi connectivity index (χ4v) is 2.50. The molecule has 1 aromatic carbocycles. The van der Waals surface area contributed by atoms with Gasteiger partial charge in [-0.3, -0.25) is 4.79 Å². The molecule has 0 atom stereocenters. The van der Waals surface area contributed by atoms with Crippen LogP contribution in [0.4, 0.5) is 5.69 Å². The number of amides is 1. The first-order valence-corrected chi connectivity index (χ1v) is 7.39. The highest BCUT2D eigenvalue weighted by Crippen LogP contribution is 2.36. The number of carbonyl (C=O) groups is 1. The molecule has 0 radical (unpaired) electrons. The van der Waals surface area contributed by atoms with Gasteiger partial charge in [-0.25, -0.2) is 5.43 Å². The van der Waals surface area contributed by atoms with E-state index in [1.54, 1.807) is 20.3 Å². The predicted molar refractivity (Wildman–Crippen MR) is 87.0 cm³/mol. The molecule has 7 heteroatoms. The van der Waals surface area contributed by atoms with Gasteiger partial charge in [0, 0.05) is 24.7 Å². The maximum atomic E-state index is 11.2. The van der Waals surface area contributed by atoms with Crippen molar-refractivity contribution in [3.05, 3.63) is 17.7 Å². The Hall–Kier alpha value is -2.75.